The number of hydrogen-bond donors (Lipinski definition) is 3. The van der Waals surface area contributed by atoms with E-state index in [0.717, 1.165) is 38.9 Å². The van der Waals surface area contributed by atoms with Crippen LogP contribution in [0.25, 0.3) is 54.8 Å². The molecular weight excluding hydrogens is 442 g/mol. The van der Waals surface area contributed by atoms with E-state index in [1.54, 1.807) is 23.7 Å². The molecule has 0 spiro atoms. The number of carbonyl (C=O) groups is 1. The van der Waals surface area contributed by atoms with Crippen LogP contribution in [-0.4, -0.2) is 26.1 Å². The Morgan fingerprint density at radius 2 is 1.91 bits per heavy atom. The van der Waals surface area contributed by atoms with E-state index in [1.807, 2.05) is 25.1 Å². The van der Waals surface area contributed by atoms with Gasteiger partial charge in [-0.1, -0.05) is 31.2 Å². The number of anilines is 1. The molecule has 4 heterocycles. The van der Waals surface area contributed by atoms with Crippen molar-refractivity contribution in [1.82, 2.24) is 20.2 Å². The van der Waals surface area contributed by atoms with Gasteiger partial charge in [0.25, 0.3) is 0 Å². The molecule has 6 rings (SSSR count). The maximum Gasteiger partial charge on any atom is 0.224 e. The highest BCUT2D eigenvalue weighted by Crippen LogP contribution is 2.36. The van der Waals surface area contributed by atoms with Gasteiger partial charge in [-0.3, -0.25) is 14.9 Å². The van der Waals surface area contributed by atoms with Gasteiger partial charge < -0.3 is 10.3 Å². The van der Waals surface area contributed by atoms with Crippen LogP contribution in [0.5, 0.6) is 0 Å². The van der Waals surface area contributed by atoms with Crippen LogP contribution < -0.4 is 5.32 Å². The highest BCUT2D eigenvalue weighted by molar-refractivity contribution is 7.13. The molecule has 166 valence electrons. The number of hydrogen-bond acceptors (Lipinski definition) is 4. The SMILES string of the molecule is CCC(=O)Nc1cncc(-c2ccc3[nH]nc(-c4cc5c(-c6cccs6)cccc5[nH]4)c3c2)c1. The van der Waals surface area contributed by atoms with Crippen molar-refractivity contribution < 1.29 is 4.79 Å². The number of thiophene rings is 1. The molecule has 0 aliphatic carbocycles. The fourth-order valence-corrected chi connectivity index (χ4v) is 5.01. The van der Waals surface area contributed by atoms with Gasteiger partial charge in [0.1, 0.15) is 5.69 Å². The summed E-state index contributed by atoms with van der Waals surface area (Å²) in [6.07, 6.45) is 3.89. The lowest BCUT2D eigenvalue weighted by Gasteiger charge is -2.06. The van der Waals surface area contributed by atoms with Crippen molar-refractivity contribution in [3.05, 3.63) is 78.4 Å². The Labute approximate surface area is 199 Å². The average molecular weight is 464 g/mol. The number of aromatic nitrogens is 4. The largest absolute Gasteiger partial charge is 0.353 e. The standard InChI is InChI=1S/C27H21N5OS/c1-2-26(33)29-18-11-17(14-28-15-18)16-8-9-23-21(12-16)27(32-31-23)24-13-20-19(25-7-4-10-34-25)5-3-6-22(20)30-24/h3-15,30H,2H2,1H3,(H,29,33)(H,31,32). The zero-order valence-corrected chi connectivity index (χ0v) is 19.2. The van der Waals surface area contributed by atoms with Gasteiger partial charge >= 0.3 is 0 Å². The molecular formula is C27H21N5OS. The molecule has 6 nitrogen and oxygen atoms in total. The fraction of sp³-hybridized carbons (Fsp3) is 0.0741. The quantitative estimate of drug-likeness (QED) is 0.261. The summed E-state index contributed by atoms with van der Waals surface area (Å²) in [5.74, 6) is -0.0350. The molecule has 7 heteroatoms. The number of aromatic amines is 2. The zero-order chi connectivity index (χ0) is 23.1. The van der Waals surface area contributed by atoms with E-state index in [4.69, 9.17) is 0 Å². The second kappa shape index (κ2) is 8.28. The van der Waals surface area contributed by atoms with Crippen molar-refractivity contribution in [2.24, 2.45) is 0 Å². The number of carbonyl (C=O) groups excluding carboxylic acids is 1. The lowest BCUT2D eigenvalue weighted by molar-refractivity contribution is -0.115. The van der Waals surface area contributed by atoms with Crippen LogP contribution in [0, 0.1) is 0 Å². The molecule has 3 N–H and O–H groups in total. The van der Waals surface area contributed by atoms with Gasteiger partial charge in [0, 0.05) is 44.9 Å². The van der Waals surface area contributed by atoms with Gasteiger partial charge in [-0.15, -0.1) is 11.3 Å². The minimum atomic E-state index is -0.0350. The van der Waals surface area contributed by atoms with Crippen LogP contribution >= 0.6 is 11.3 Å². The summed E-state index contributed by atoms with van der Waals surface area (Å²) >= 11 is 1.74. The predicted molar refractivity (Wildman–Crippen MR) is 139 cm³/mol. The predicted octanol–water partition coefficient (Wildman–Crippen LogP) is 6.85. The second-order valence-electron chi connectivity index (χ2n) is 8.12. The van der Waals surface area contributed by atoms with E-state index in [0.29, 0.717) is 12.1 Å². The van der Waals surface area contributed by atoms with Gasteiger partial charge in [0.15, 0.2) is 0 Å². The third-order valence-electron chi connectivity index (χ3n) is 5.95. The maximum absolute atomic E-state index is 11.8. The Balaban J connectivity index is 1.43. The van der Waals surface area contributed by atoms with Crippen LogP contribution in [0.1, 0.15) is 13.3 Å². The highest BCUT2D eigenvalue weighted by atomic mass is 32.1. The Morgan fingerprint density at radius 3 is 2.76 bits per heavy atom. The first-order chi connectivity index (χ1) is 16.7. The van der Waals surface area contributed by atoms with Crippen molar-refractivity contribution in [3.8, 4) is 33.0 Å². The fourth-order valence-electron chi connectivity index (χ4n) is 4.24. The molecule has 0 aliphatic rings. The number of benzene rings is 2. The van der Waals surface area contributed by atoms with E-state index in [-0.39, 0.29) is 5.91 Å². The summed E-state index contributed by atoms with van der Waals surface area (Å²) in [7, 11) is 0. The molecule has 1 amide bonds. The van der Waals surface area contributed by atoms with Gasteiger partial charge in [-0.2, -0.15) is 5.10 Å². The Morgan fingerprint density at radius 1 is 0.971 bits per heavy atom. The van der Waals surface area contributed by atoms with Crippen LogP contribution in [0.4, 0.5) is 5.69 Å². The molecule has 0 saturated carbocycles. The Bertz CT molecular complexity index is 1640. The third kappa shape index (κ3) is 3.56. The van der Waals surface area contributed by atoms with Crippen molar-refractivity contribution in [2.75, 3.05) is 5.32 Å². The summed E-state index contributed by atoms with van der Waals surface area (Å²) in [6, 6.07) is 20.8. The van der Waals surface area contributed by atoms with Crippen molar-refractivity contribution >= 4 is 44.7 Å². The monoisotopic (exact) mass is 463 g/mol. The molecule has 0 unspecified atom stereocenters. The number of H-pyrrole nitrogens is 2. The maximum atomic E-state index is 11.8. The molecule has 0 bridgehead atoms. The number of fused-ring (bicyclic) bond motifs is 2. The van der Waals surface area contributed by atoms with Crippen molar-refractivity contribution in [3.63, 3.8) is 0 Å². The van der Waals surface area contributed by atoms with E-state index in [9.17, 15) is 4.79 Å². The summed E-state index contributed by atoms with van der Waals surface area (Å²) < 4.78 is 0. The summed E-state index contributed by atoms with van der Waals surface area (Å²) in [6.45, 7) is 1.83. The van der Waals surface area contributed by atoms with E-state index in [2.05, 4.69) is 73.3 Å². The van der Waals surface area contributed by atoms with Crippen LogP contribution in [0.15, 0.2) is 78.4 Å². The lowest BCUT2D eigenvalue weighted by Crippen LogP contribution is -2.09. The van der Waals surface area contributed by atoms with Crippen molar-refractivity contribution in [2.45, 2.75) is 13.3 Å². The number of pyridine rings is 1. The van der Waals surface area contributed by atoms with Crippen LogP contribution in [-0.2, 0) is 4.79 Å². The van der Waals surface area contributed by atoms with E-state index >= 15 is 0 Å². The summed E-state index contributed by atoms with van der Waals surface area (Å²) in [4.78, 5) is 20.9. The molecule has 0 fully saturated rings. The van der Waals surface area contributed by atoms with E-state index in [1.165, 1.54) is 15.8 Å². The normalized spacial score (nSPS) is 11.3. The topological polar surface area (TPSA) is 86.5 Å². The minimum Gasteiger partial charge on any atom is -0.353 e. The zero-order valence-electron chi connectivity index (χ0n) is 18.4. The first-order valence-electron chi connectivity index (χ1n) is 11.1. The highest BCUT2D eigenvalue weighted by Gasteiger charge is 2.15. The Kier molecular flexibility index (Phi) is 4.96. The molecule has 6 aromatic rings. The first-order valence-corrected chi connectivity index (χ1v) is 12.0. The molecule has 0 radical (unpaired) electrons. The molecule has 0 atom stereocenters. The Hall–Kier alpha value is -4.23. The lowest BCUT2D eigenvalue weighted by atomic mass is 10.0. The smallest absolute Gasteiger partial charge is 0.224 e. The second-order valence-corrected chi connectivity index (χ2v) is 9.07. The number of amides is 1. The average Bonchev–Trinajstić information content (AvgIpc) is 3.62. The van der Waals surface area contributed by atoms with Gasteiger partial charge in [-0.05, 0) is 47.3 Å². The first kappa shape index (κ1) is 20.4. The van der Waals surface area contributed by atoms with Crippen LogP contribution in [0.2, 0.25) is 0 Å². The molecule has 0 aliphatic heterocycles. The molecule has 0 saturated heterocycles. The van der Waals surface area contributed by atoms with Crippen LogP contribution in [0.3, 0.4) is 0 Å². The summed E-state index contributed by atoms with van der Waals surface area (Å²) in [5.41, 5.74) is 7.71. The number of nitrogens with zero attached hydrogens (tertiary/aromatic N) is 2. The van der Waals surface area contributed by atoms with E-state index < -0.39 is 0 Å². The number of rotatable bonds is 5. The van der Waals surface area contributed by atoms with Gasteiger partial charge in [0.2, 0.25) is 5.91 Å². The molecule has 2 aromatic carbocycles. The molecule has 34 heavy (non-hydrogen) atoms. The minimum absolute atomic E-state index is 0.0350. The van der Waals surface area contributed by atoms with Gasteiger partial charge in [-0.25, -0.2) is 0 Å². The van der Waals surface area contributed by atoms with Crippen molar-refractivity contribution in [1.29, 1.82) is 0 Å². The number of nitrogens with one attached hydrogen (secondary N) is 3. The van der Waals surface area contributed by atoms with Gasteiger partial charge in [0.05, 0.1) is 23.1 Å². The summed E-state index contributed by atoms with van der Waals surface area (Å²) in [5, 5.41) is 15.0. The molecule has 4 aromatic heterocycles. The third-order valence-corrected chi connectivity index (χ3v) is 6.85.